The maximum atomic E-state index is 4.25. The van der Waals surface area contributed by atoms with Crippen molar-refractivity contribution < 1.29 is 0 Å². The van der Waals surface area contributed by atoms with Gasteiger partial charge >= 0.3 is 0 Å². The minimum absolute atomic E-state index is 0.220. The monoisotopic (exact) mass is 239 g/mol. The van der Waals surface area contributed by atoms with E-state index in [1.54, 1.807) is 0 Å². The molecule has 0 radical (unpaired) electrons. The third-order valence-electron chi connectivity index (χ3n) is 3.58. The van der Waals surface area contributed by atoms with Gasteiger partial charge in [-0.05, 0) is 24.1 Å². The van der Waals surface area contributed by atoms with Crippen molar-refractivity contribution in [2.75, 3.05) is 11.9 Å². The standard InChI is InChI=1S/C15H17N3/c1-10-16-7-12(8-17-10)11-4-5-13-14(6-11)18-9-15(13,2)3/h4-8,18H,9H2,1-3H3. The number of anilines is 1. The van der Waals surface area contributed by atoms with Crippen LogP contribution in [0.2, 0.25) is 0 Å². The number of nitrogens with zero attached hydrogens (tertiary/aromatic N) is 2. The summed E-state index contributed by atoms with van der Waals surface area (Å²) in [5.41, 5.74) is 5.07. The summed E-state index contributed by atoms with van der Waals surface area (Å²) >= 11 is 0. The van der Waals surface area contributed by atoms with Gasteiger partial charge in [0.1, 0.15) is 5.82 Å². The molecule has 3 heteroatoms. The third kappa shape index (κ3) is 1.76. The second-order valence-corrected chi connectivity index (χ2v) is 5.52. The van der Waals surface area contributed by atoms with Crippen LogP contribution in [0.3, 0.4) is 0 Å². The molecule has 3 nitrogen and oxygen atoms in total. The number of hydrogen-bond donors (Lipinski definition) is 1. The Labute approximate surface area is 107 Å². The molecule has 1 aliphatic rings. The molecule has 2 heterocycles. The normalized spacial score (nSPS) is 16.2. The molecule has 3 rings (SSSR count). The van der Waals surface area contributed by atoms with Crippen LogP contribution >= 0.6 is 0 Å². The maximum Gasteiger partial charge on any atom is 0.125 e. The summed E-state index contributed by atoms with van der Waals surface area (Å²) in [5, 5.41) is 3.47. The van der Waals surface area contributed by atoms with Gasteiger partial charge in [-0.15, -0.1) is 0 Å². The number of hydrogen-bond acceptors (Lipinski definition) is 3. The fourth-order valence-electron chi connectivity index (χ4n) is 2.41. The zero-order valence-electron chi connectivity index (χ0n) is 11.0. The lowest BCUT2D eigenvalue weighted by atomic mass is 9.86. The van der Waals surface area contributed by atoms with Gasteiger partial charge in [0.25, 0.3) is 0 Å². The predicted molar refractivity (Wildman–Crippen MR) is 73.7 cm³/mol. The first-order chi connectivity index (χ1) is 8.56. The lowest BCUT2D eigenvalue weighted by molar-refractivity contribution is 0.586. The molecule has 1 N–H and O–H groups in total. The van der Waals surface area contributed by atoms with Crippen molar-refractivity contribution in [3.63, 3.8) is 0 Å². The van der Waals surface area contributed by atoms with Crippen LogP contribution in [0.15, 0.2) is 30.6 Å². The molecule has 0 amide bonds. The van der Waals surface area contributed by atoms with Crippen molar-refractivity contribution in [3.05, 3.63) is 42.0 Å². The zero-order chi connectivity index (χ0) is 12.8. The summed E-state index contributed by atoms with van der Waals surface area (Å²) in [6.07, 6.45) is 3.76. The highest BCUT2D eigenvalue weighted by molar-refractivity contribution is 5.72. The van der Waals surface area contributed by atoms with E-state index in [4.69, 9.17) is 0 Å². The molecule has 0 saturated heterocycles. The van der Waals surface area contributed by atoms with Crippen LogP contribution in [0, 0.1) is 6.92 Å². The van der Waals surface area contributed by atoms with Gasteiger partial charge in [0.2, 0.25) is 0 Å². The summed E-state index contributed by atoms with van der Waals surface area (Å²) in [7, 11) is 0. The topological polar surface area (TPSA) is 37.8 Å². The Bertz CT molecular complexity index is 585. The molecule has 0 bridgehead atoms. The first-order valence-corrected chi connectivity index (χ1v) is 6.24. The molecule has 0 unspecified atom stereocenters. The number of aromatic nitrogens is 2. The highest BCUT2D eigenvalue weighted by Crippen LogP contribution is 2.38. The van der Waals surface area contributed by atoms with Gasteiger partial charge in [-0.2, -0.15) is 0 Å². The number of fused-ring (bicyclic) bond motifs is 1. The second-order valence-electron chi connectivity index (χ2n) is 5.52. The SMILES string of the molecule is Cc1ncc(-c2ccc3c(c2)NCC3(C)C)cn1. The summed E-state index contributed by atoms with van der Waals surface area (Å²) in [5.74, 6) is 0.805. The molecule has 18 heavy (non-hydrogen) atoms. The molecule has 2 aromatic rings. The summed E-state index contributed by atoms with van der Waals surface area (Å²) < 4.78 is 0. The molecule has 1 aromatic heterocycles. The molecule has 0 atom stereocenters. The Morgan fingerprint density at radius 1 is 1.11 bits per heavy atom. The minimum Gasteiger partial charge on any atom is -0.384 e. The van der Waals surface area contributed by atoms with Crippen LogP contribution in [0.1, 0.15) is 25.2 Å². The van der Waals surface area contributed by atoms with E-state index < -0.39 is 0 Å². The van der Waals surface area contributed by atoms with Gasteiger partial charge in [0.05, 0.1) is 0 Å². The fourth-order valence-corrected chi connectivity index (χ4v) is 2.41. The predicted octanol–water partition coefficient (Wildman–Crippen LogP) is 3.16. The lowest BCUT2D eigenvalue weighted by Crippen LogP contribution is -2.18. The number of benzene rings is 1. The molecule has 0 aliphatic carbocycles. The lowest BCUT2D eigenvalue weighted by Gasteiger charge is -2.16. The van der Waals surface area contributed by atoms with Gasteiger partial charge in [-0.25, -0.2) is 9.97 Å². The fraction of sp³-hybridized carbons (Fsp3) is 0.333. The Hall–Kier alpha value is -1.90. The molecule has 1 aromatic carbocycles. The molecular formula is C15H17N3. The van der Waals surface area contributed by atoms with Gasteiger partial charge in [0.15, 0.2) is 0 Å². The van der Waals surface area contributed by atoms with Crippen LogP contribution in [0.25, 0.3) is 11.1 Å². The van der Waals surface area contributed by atoms with Gasteiger partial charge in [-0.1, -0.05) is 26.0 Å². The van der Waals surface area contributed by atoms with Crippen molar-refractivity contribution in [2.24, 2.45) is 0 Å². The van der Waals surface area contributed by atoms with E-state index in [-0.39, 0.29) is 5.41 Å². The van der Waals surface area contributed by atoms with Crippen molar-refractivity contribution >= 4 is 5.69 Å². The van der Waals surface area contributed by atoms with E-state index in [2.05, 4.69) is 47.3 Å². The van der Waals surface area contributed by atoms with Crippen molar-refractivity contribution in [3.8, 4) is 11.1 Å². The van der Waals surface area contributed by atoms with E-state index in [0.29, 0.717) is 0 Å². The van der Waals surface area contributed by atoms with Gasteiger partial charge in [-0.3, -0.25) is 0 Å². The molecule has 92 valence electrons. The third-order valence-corrected chi connectivity index (χ3v) is 3.58. The van der Waals surface area contributed by atoms with Crippen LogP contribution < -0.4 is 5.32 Å². The Morgan fingerprint density at radius 2 is 1.83 bits per heavy atom. The van der Waals surface area contributed by atoms with E-state index in [0.717, 1.165) is 17.9 Å². The van der Waals surface area contributed by atoms with E-state index in [1.807, 2.05) is 19.3 Å². The molecule has 0 fully saturated rings. The first kappa shape index (κ1) is 11.2. The summed E-state index contributed by atoms with van der Waals surface area (Å²) in [6.45, 7) is 7.42. The highest BCUT2D eigenvalue weighted by atomic mass is 14.9. The minimum atomic E-state index is 0.220. The van der Waals surface area contributed by atoms with E-state index in [9.17, 15) is 0 Å². The smallest absolute Gasteiger partial charge is 0.125 e. The second kappa shape index (κ2) is 3.80. The van der Waals surface area contributed by atoms with Crippen LogP contribution in [-0.4, -0.2) is 16.5 Å². The van der Waals surface area contributed by atoms with Crippen molar-refractivity contribution in [1.29, 1.82) is 0 Å². The number of aryl methyl sites for hydroxylation is 1. The van der Waals surface area contributed by atoms with Crippen molar-refractivity contribution in [1.82, 2.24) is 9.97 Å². The summed E-state index contributed by atoms with van der Waals surface area (Å²) in [4.78, 5) is 8.49. The van der Waals surface area contributed by atoms with Crippen molar-refractivity contribution in [2.45, 2.75) is 26.2 Å². The Morgan fingerprint density at radius 3 is 2.56 bits per heavy atom. The van der Waals surface area contributed by atoms with Gasteiger partial charge in [0, 0.05) is 35.6 Å². The zero-order valence-corrected chi connectivity index (χ0v) is 11.0. The highest BCUT2D eigenvalue weighted by Gasteiger charge is 2.29. The molecular weight excluding hydrogens is 222 g/mol. The van der Waals surface area contributed by atoms with E-state index in [1.165, 1.54) is 16.8 Å². The average Bonchev–Trinajstić information content (AvgIpc) is 2.66. The van der Waals surface area contributed by atoms with Gasteiger partial charge < -0.3 is 5.32 Å². The quantitative estimate of drug-likeness (QED) is 0.830. The Kier molecular flexibility index (Phi) is 2.37. The van der Waals surface area contributed by atoms with Crippen LogP contribution in [0.5, 0.6) is 0 Å². The number of rotatable bonds is 1. The summed E-state index contributed by atoms with van der Waals surface area (Å²) in [6, 6.07) is 6.56. The molecule has 1 aliphatic heterocycles. The first-order valence-electron chi connectivity index (χ1n) is 6.24. The maximum absolute atomic E-state index is 4.25. The number of nitrogens with one attached hydrogen (secondary N) is 1. The molecule has 0 spiro atoms. The average molecular weight is 239 g/mol. The largest absolute Gasteiger partial charge is 0.384 e. The molecule has 0 saturated carbocycles. The Balaban J connectivity index is 2.04. The van der Waals surface area contributed by atoms with E-state index >= 15 is 0 Å². The van der Waals surface area contributed by atoms with Crippen LogP contribution in [0.4, 0.5) is 5.69 Å². The van der Waals surface area contributed by atoms with Crippen LogP contribution in [-0.2, 0) is 5.41 Å².